The standard InChI is InChI=1S/C44H54ClN5O4SSi/c1-44(2,3)56(32-16-9-7-10-17-32,33-18-11-8-12-19-33)54-27-31(47-4)26-30(46)28-55-29-37-40(38-21-13-14-24-50(38)48-37)39-36(45)23-22-35-34(20-15-25-51)42(43(52)53-6)49(5)41(35)39/h7-12,16-19,22-23,26,51H,13-15,20-21,24-25,27-29,46H2,1-6H3/b30-26-,47-31?. The van der Waals surface area contributed by atoms with Gasteiger partial charge in [0, 0.05) is 66.7 Å². The molecule has 1 aliphatic heterocycles. The number of aromatic nitrogens is 3. The Labute approximate surface area is 341 Å². The minimum atomic E-state index is -2.75. The molecule has 0 unspecified atom stereocenters. The van der Waals surface area contributed by atoms with Gasteiger partial charge in [-0.3, -0.25) is 9.67 Å². The zero-order valence-electron chi connectivity index (χ0n) is 33.4. The molecule has 0 amide bonds. The van der Waals surface area contributed by atoms with Gasteiger partial charge in [0.1, 0.15) is 5.69 Å². The number of benzene rings is 3. The van der Waals surface area contributed by atoms with E-state index in [9.17, 15) is 9.90 Å². The number of aryl methyl sites for hydroxylation is 3. The van der Waals surface area contributed by atoms with E-state index in [1.165, 1.54) is 17.5 Å². The summed E-state index contributed by atoms with van der Waals surface area (Å²) in [4.78, 5) is 17.8. The molecule has 6 rings (SSSR count). The van der Waals surface area contributed by atoms with E-state index in [4.69, 9.17) is 31.6 Å². The summed E-state index contributed by atoms with van der Waals surface area (Å²) in [5, 5.41) is 18.6. The number of methoxy groups -OCH3 is 1. The van der Waals surface area contributed by atoms with Crippen LogP contribution >= 0.6 is 23.4 Å². The Morgan fingerprint density at radius 1 is 1.05 bits per heavy atom. The van der Waals surface area contributed by atoms with Crippen molar-refractivity contribution in [3.63, 3.8) is 0 Å². The van der Waals surface area contributed by atoms with E-state index in [0.717, 1.165) is 70.5 Å². The van der Waals surface area contributed by atoms with Crippen molar-refractivity contribution in [2.45, 2.75) is 70.2 Å². The van der Waals surface area contributed by atoms with E-state index in [-0.39, 0.29) is 11.6 Å². The fourth-order valence-corrected chi connectivity index (χ4v) is 13.9. The Hall–Kier alpha value is -4.13. The lowest BCUT2D eigenvalue weighted by molar-refractivity contribution is 0.0589. The maximum Gasteiger partial charge on any atom is 0.354 e. The molecule has 2 aromatic heterocycles. The van der Waals surface area contributed by atoms with E-state index in [1.54, 1.807) is 18.8 Å². The number of aliphatic hydroxyl groups is 1. The molecule has 0 fully saturated rings. The number of hydrogen-bond donors (Lipinski definition) is 2. The van der Waals surface area contributed by atoms with Crippen molar-refractivity contribution in [2.24, 2.45) is 17.8 Å². The summed E-state index contributed by atoms with van der Waals surface area (Å²) in [6.45, 7) is 8.00. The number of rotatable bonds is 15. The Bertz CT molecular complexity index is 2190. The highest BCUT2D eigenvalue weighted by Crippen LogP contribution is 2.44. The Morgan fingerprint density at radius 3 is 2.34 bits per heavy atom. The van der Waals surface area contributed by atoms with Gasteiger partial charge >= 0.3 is 5.97 Å². The van der Waals surface area contributed by atoms with Gasteiger partial charge in [0.25, 0.3) is 8.32 Å². The fourth-order valence-electron chi connectivity index (χ4n) is 8.27. The van der Waals surface area contributed by atoms with Crippen LogP contribution in [0.2, 0.25) is 10.1 Å². The van der Waals surface area contributed by atoms with Gasteiger partial charge < -0.3 is 24.6 Å². The molecule has 296 valence electrons. The minimum absolute atomic E-state index is 0.0206. The first-order valence-corrected chi connectivity index (χ1v) is 22.7. The van der Waals surface area contributed by atoms with Crippen molar-refractivity contribution in [1.29, 1.82) is 0 Å². The number of carbonyl (C=O) groups is 1. The van der Waals surface area contributed by atoms with E-state index >= 15 is 0 Å². The van der Waals surface area contributed by atoms with E-state index in [1.807, 2.05) is 42.0 Å². The number of nitrogens with zero attached hydrogens (tertiary/aromatic N) is 4. The van der Waals surface area contributed by atoms with Crippen molar-refractivity contribution in [3.05, 3.63) is 112 Å². The number of nitrogens with two attached hydrogens (primary N) is 1. The van der Waals surface area contributed by atoms with E-state index in [0.29, 0.717) is 47.4 Å². The average Bonchev–Trinajstić information content (AvgIpc) is 3.70. The number of esters is 1. The number of ether oxygens (including phenoxy) is 1. The number of carbonyl (C=O) groups excluding carboxylic acids is 1. The predicted molar refractivity (Wildman–Crippen MR) is 234 cm³/mol. The molecule has 3 heterocycles. The molecule has 0 radical (unpaired) electrons. The smallest absolute Gasteiger partial charge is 0.354 e. The van der Waals surface area contributed by atoms with Crippen LogP contribution in [0, 0.1) is 0 Å². The third kappa shape index (κ3) is 8.15. The molecule has 1 aliphatic rings. The van der Waals surface area contributed by atoms with Crippen LogP contribution < -0.4 is 16.1 Å². The number of aliphatic hydroxyl groups excluding tert-OH is 1. The minimum Gasteiger partial charge on any atom is -0.464 e. The Morgan fingerprint density at radius 2 is 1.73 bits per heavy atom. The van der Waals surface area contributed by atoms with Crippen molar-refractivity contribution >= 4 is 64.6 Å². The highest BCUT2D eigenvalue weighted by Gasteiger charge is 2.50. The van der Waals surface area contributed by atoms with Gasteiger partial charge in [-0.15, -0.1) is 11.8 Å². The topological polar surface area (TPSA) is 117 Å². The van der Waals surface area contributed by atoms with Crippen LogP contribution in [0.25, 0.3) is 22.0 Å². The summed E-state index contributed by atoms with van der Waals surface area (Å²) in [6.07, 6.45) is 6.02. The van der Waals surface area contributed by atoms with Crippen molar-refractivity contribution in [2.75, 3.05) is 33.1 Å². The van der Waals surface area contributed by atoms with Gasteiger partial charge in [-0.1, -0.05) is 99.1 Å². The molecular formula is C44H54ClN5O4SSi. The molecule has 0 saturated carbocycles. The lowest BCUT2D eigenvalue weighted by Gasteiger charge is -2.43. The van der Waals surface area contributed by atoms with Crippen LogP contribution in [0.5, 0.6) is 0 Å². The summed E-state index contributed by atoms with van der Waals surface area (Å²) in [5.41, 5.74) is 14.4. The molecule has 12 heteroatoms. The number of hydrogen-bond acceptors (Lipinski definition) is 8. The number of halogens is 1. The first kappa shape index (κ1) is 41.5. The normalized spacial score (nSPS) is 14.0. The summed E-state index contributed by atoms with van der Waals surface area (Å²) in [5.74, 6) is 0.764. The lowest BCUT2D eigenvalue weighted by atomic mass is 9.95. The third-order valence-electron chi connectivity index (χ3n) is 10.8. The number of fused-ring (bicyclic) bond motifs is 2. The monoisotopic (exact) mass is 811 g/mol. The SMILES string of the molecule is CN=C(/C=C(\N)CSCc1nn2c(c1-c1c(Cl)ccc3c(CCCO)c(C(=O)OC)n(C)c13)CCCC2)CO[Si](c1ccccc1)(c1ccccc1)C(C)(C)C. The molecular weight excluding hydrogens is 758 g/mol. The molecule has 3 aromatic carbocycles. The second-order valence-electron chi connectivity index (χ2n) is 15.4. The first-order valence-electron chi connectivity index (χ1n) is 19.3. The van der Waals surface area contributed by atoms with Gasteiger partial charge in [-0.05, 0) is 65.2 Å². The molecule has 0 spiro atoms. The van der Waals surface area contributed by atoms with Gasteiger partial charge in [-0.2, -0.15) is 5.10 Å². The molecule has 0 bridgehead atoms. The van der Waals surface area contributed by atoms with Crippen molar-refractivity contribution in [1.82, 2.24) is 14.3 Å². The van der Waals surface area contributed by atoms with Gasteiger partial charge in [0.2, 0.25) is 0 Å². The number of thioether (sulfide) groups is 1. The van der Waals surface area contributed by atoms with E-state index in [2.05, 4.69) is 79.0 Å². The second kappa shape index (κ2) is 18.0. The summed E-state index contributed by atoms with van der Waals surface area (Å²) in [6, 6.07) is 25.1. The van der Waals surface area contributed by atoms with Gasteiger partial charge in [0.15, 0.2) is 0 Å². The van der Waals surface area contributed by atoms with Gasteiger partial charge in [0.05, 0.1) is 35.7 Å². The van der Waals surface area contributed by atoms with Crippen LogP contribution in [-0.2, 0) is 41.3 Å². The zero-order valence-corrected chi connectivity index (χ0v) is 36.0. The summed E-state index contributed by atoms with van der Waals surface area (Å²) in [7, 11) is 2.32. The van der Waals surface area contributed by atoms with Crippen LogP contribution in [0.4, 0.5) is 0 Å². The molecule has 0 atom stereocenters. The molecule has 56 heavy (non-hydrogen) atoms. The molecule has 9 nitrogen and oxygen atoms in total. The summed E-state index contributed by atoms with van der Waals surface area (Å²) >= 11 is 8.82. The highest BCUT2D eigenvalue weighted by atomic mass is 35.5. The van der Waals surface area contributed by atoms with Crippen LogP contribution in [0.3, 0.4) is 0 Å². The predicted octanol–water partition coefficient (Wildman–Crippen LogP) is 7.47. The Balaban J connectivity index is 1.28. The molecule has 0 saturated heterocycles. The van der Waals surface area contributed by atoms with Crippen molar-refractivity contribution < 1.29 is 19.1 Å². The molecule has 3 N–H and O–H groups in total. The average molecular weight is 813 g/mol. The van der Waals surface area contributed by atoms with E-state index < -0.39 is 14.3 Å². The van der Waals surface area contributed by atoms with Crippen LogP contribution in [0.15, 0.2) is 89.6 Å². The molecule has 0 aliphatic carbocycles. The Kier molecular flexibility index (Phi) is 13.3. The number of aliphatic imine (C=N–C) groups is 1. The van der Waals surface area contributed by atoms with Crippen LogP contribution in [0.1, 0.15) is 67.5 Å². The second-order valence-corrected chi connectivity index (χ2v) is 21.0. The third-order valence-corrected chi connectivity index (χ3v) is 17.1. The quantitative estimate of drug-likeness (QED) is 0.0641. The fraction of sp³-hybridized carbons (Fsp3) is 0.386. The van der Waals surface area contributed by atoms with Crippen molar-refractivity contribution in [3.8, 4) is 11.1 Å². The molecule has 5 aromatic rings. The summed E-state index contributed by atoms with van der Waals surface area (Å²) < 4.78 is 16.4. The van der Waals surface area contributed by atoms with Crippen LogP contribution in [-0.4, -0.2) is 72.6 Å². The zero-order chi connectivity index (χ0) is 40.0. The first-order chi connectivity index (χ1) is 27.0. The maximum absolute atomic E-state index is 13.1. The lowest BCUT2D eigenvalue weighted by Crippen LogP contribution is -2.67. The highest BCUT2D eigenvalue weighted by molar-refractivity contribution is 7.98. The van der Waals surface area contributed by atoms with Gasteiger partial charge in [-0.25, -0.2) is 4.79 Å². The maximum atomic E-state index is 13.1. The largest absolute Gasteiger partial charge is 0.464 e.